The quantitative estimate of drug-likeness (QED) is 0.332. The van der Waals surface area contributed by atoms with Gasteiger partial charge >= 0.3 is 0 Å². The largest absolute Gasteiger partial charge is 0.409 e. The van der Waals surface area contributed by atoms with Gasteiger partial charge in [-0.05, 0) is 30.3 Å². The second kappa shape index (κ2) is 6.25. The third-order valence-electron chi connectivity index (χ3n) is 2.41. The first kappa shape index (κ1) is 14.8. The van der Waals surface area contributed by atoms with Crippen LogP contribution in [0.1, 0.15) is 15.2 Å². The second-order valence-corrected chi connectivity index (χ2v) is 6.36. The summed E-state index contributed by atoms with van der Waals surface area (Å²) in [6.45, 7) is 0. The number of thiophene rings is 1. The lowest BCUT2D eigenvalue weighted by Gasteiger charge is -2.10. The molecule has 104 valence electrons. The van der Waals surface area contributed by atoms with Gasteiger partial charge in [-0.2, -0.15) is 0 Å². The second-order valence-electron chi connectivity index (χ2n) is 3.73. The Morgan fingerprint density at radius 1 is 1.40 bits per heavy atom. The van der Waals surface area contributed by atoms with Crippen molar-refractivity contribution in [1.29, 1.82) is 0 Å². The average molecular weight is 375 g/mol. The number of hydrogen-bond donors (Lipinski definition) is 3. The summed E-state index contributed by atoms with van der Waals surface area (Å²) in [4.78, 5) is 12.6. The normalized spacial score (nSPS) is 11.4. The smallest absolute Gasteiger partial charge is 0.265 e. The number of amidine groups is 1. The number of oxime groups is 1. The van der Waals surface area contributed by atoms with Crippen molar-refractivity contribution < 1.29 is 10.0 Å². The first-order chi connectivity index (χ1) is 9.51. The standard InChI is InChI=1S/C12H9BrClN3O2S/c13-6-1-2-7(11(15)17-19)8(5-6)16-12(18)9-3-4-10(14)20-9/h1-5,19H,(H2,15,17)(H,16,18). The van der Waals surface area contributed by atoms with Gasteiger partial charge in [0.25, 0.3) is 5.91 Å². The molecule has 1 heterocycles. The Balaban J connectivity index is 2.33. The topological polar surface area (TPSA) is 87.7 Å². The number of nitrogens with zero attached hydrogens (tertiary/aromatic N) is 1. The SMILES string of the molecule is N/C(=N/O)c1ccc(Br)cc1NC(=O)c1ccc(Cl)s1. The Morgan fingerprint density at radius 3 is 2.75 bits per heavy atom. The lowest BCUT2D eigenvalue weighted by molar-refractivity contribution is 0.103. The Bertz CT molecular complexity index is 687. The summed E-state index contributed by atoms with van der Waals surface area (Å²) in [5, 5.41) is 14.4. The zero-order valence-corrected chi connectivity index (χ0v) is 13.1. The molecule has 1 aromatic heterocycles. The maximum absolute atomic E-state index is 12.1. The molecule has 0 unspecified atom stereocenters. The average Bonchev–Trinajstić information content (AvgIpc) is 2.85. The molecule has 0 saturated heterocycles. The molecule has 0 saturated carbocycles. The van der Waals surface area contributed by atoms with E-state index in [2.05, 4.69) is 26.4 Å². The highest BCUT2D eigenvalue weighted by Crippen LogP contribution is 2.25. The van der Waals surface area contributed by atoms with E-state index in [9.17, 15) is 4.79 Å². The zero-order valence-electron chi connectivity index (χ0n) is 9.93. The molecule has 2 rings (SSSR count). The number of anilines is 1. The van der Waals surface area contributed by atoms with Crippen LogP contribution in [0.5, 0.6) is 0 Å². The van der Waals surface area contributed by atoms with Gasteiger partial charge in [0.05, 0.1) is 14.9 Å². The molecular formula is C12H9BrClN3O2S. The predicted octanol–water partition coefficient (Wildman–Crippen LogP) is 3.51. The molecule has 0 radical (unpaired) electrons. The van der Waals surface area contributed by atoms with Crippen molar-refractivity contribution in [2.45, 2.75) is 0 Å². The highest BCUT2D eigenvalue weighted by molar-refractivity contribution is 9.10. The summed E-state index contributed by atoms with van der Waals surface area (Å²) in [6.07, 6.45) is 0. The van der Waals surface area contributed by atoms with Crippen LogP contribution in [0.25, 0.3) is 0 Å². The van der Waals surface area contributed by atoms with Crippen molar-refractivity contribution in [3.63, 3.8) is 0 Å². The molecule has 8 heteroatoms. The van der Waals surface area contributed by atoms with Crippen LogP contribution in [0.4, 0.5) is 5.69 Å². The predicted molar refractivity (Wildman–Crippen MR) is 83.9 cm³/mol. The lowest BCUT2D eigenvalue weighted by atomic mass is 10.1. The minimum absolute atomic E-state index is 0.0861. The number of nitrogens with two attached hydrogens (primary N) is 1. The van der Waals surface area contributed by atoms with Crippen LogP contribution in [0, 0.1) is 0 Å². The molecular weight excluding hydrogens is 366 g/mol. The van der Waals surface area contributed by atoms with Crippen LogP contribution >= 0.6 is 38.9 Å². The molecule has 0 fully saturated rings. The number of amides is 1. The molecule has 0 atom stereocenters. The molecule has 20 heavy (non-hydrogen) atoms. The Kier molecular flexibility index (Phi) is 4.64. The number of benzene rings is 1. The number of halogens is 2. The van der Waals surface area contributed by atoms with Crippen LogP contribution in [-0.2, 0) is 0 Å². The third-order valence-corrected chi connectivity index (χ3v) is 4.13. The fourth-order valence-electron chi connectivity index (χ4n) is 1.52. The molecule has 0 aliphatic rings. The van der Waals surface area contributed by atoms with Crippen LogP contribution in [0.3, 0.4) is 0 Å². The van der Waals surface area contributed by atoms with Gasteiger partial charge in [0.1, 0.15) is 0 Å². The summed E-state index contributed by atoms with van der Waals surface area (Å²) in [5.41, 5.74) is 6.44. The number of nitrogens with one attached hydrogen (secondary N) is 1. The summed E-state index contributed by atoms with van der Waals surface area (Å²) in [6, 6.07) is 8.30. The van der Waals surface area contributed by atoms with Crippen LogP contribution in [0.2, 0.25) is 4.34 Å². The first-order valence-corrected chi connectivity index (χ1v) is 7.34. The molecule has 1 aromatic carbocycles. The van der Waals surface area contributed by atoms with Gasteiger partial charge in [0, 0.05) is 10.0 Å². The van der Waals surface area contributed by atoms with E-state index >= 15 is 0 Å². The van der Waals surface area contributed by atoms with Gasteiger partial charge in [-0.15, -0.1) is 11.3 Å². The zero-order chi connectivity index (χ0) is 14.7. The molecule has 0 aliphatic carbocycles. The summed E-state index contributed by atoms with van der Waals surface area (Å²) < 4.78 is 1.28. The monoisotopic (exact) mass is 373 g/mol. The maximum atomic E-state index is 12.1. The van der Waals surface area contributed by atoms with E-state index in [0.29, 0.717) is 20.5 Å². The minimum atomic E-state index is -0.313. The van der Waals surface area contributed by atoms with Gasteiger partial charge in [-0.3, -0.25) is 4.79 Å². The van der Waals surface area contributed by atoms with Crippen molar-refractivity contribution in [3.05, 3.63) is 49.6 Å². The molecule has 1 amide bonds. The molecule has 0 aliphatic heterocycles. The maximum Gasteiger partial charge on any atom is 0.265 e. The van der Waals surface area contributed by atoms with Crippen molar-refractivity contribution in [2.75, 3.05) is 5.32 Å². The van der Waals surface area contributed by atoms with Crippen LogP contribution in [-0.4, -0.2) is 17.0 Å². The van der Waals surface area contributed by atoms with E-state index in [1.807, 2.05) is 0 Å². The van der Waals surface area contributed by atoms with Crippen LogP contribution in [0.15, 0.2) is 40.0 Å². The van der Waals surface area contributed by atoms with Gasteiger partial charge in [-0.1, -0.05) is 32.7 Å². The molecule has 4 N–H and O–H groups in total. The van der Waals surface area contributed by atoms with Crippen LogP contribution < -0.4 is 11.1 Å². The number of carbonyl (C=O) groups excluding carboxylic acids is 1. The Hall–Kier alpha value is -1.57. The van der Waals surface area contributed by atoms with E-state index in [4.69, 9.17) is 22.5 Å². The molecule has 0 spiro atoms. The summed E-state index contributed by atoms with van der Waals surface area (Å²) in [5.74, 6) is -0.399. The highest BCUT2D eigenvalue weighted by atomic mass is 79.9. The lowest BCUT2D eigenvalue weighted by Crippen LogP contribution is -2.18. The number of rotatable bonds is 3. The summed E-state index contributed by atoms with van der Waals surface area (Å²) in [7, 11) is 0. The Labute approximate surface area is 132 Å². The highest BCUT2D eigenvalue weighted by Gasteiger charge is 2.13. The van der Waals surface area contributed by atoms with E-state index in [-0.39, 0.29) is 11.7 Å². The molecule has 5 nitrogen and oxygen atoms in total. The first-order valence-electron chi connectivity index (χ1n) is 5.35. The Morgan fingerprint density at radius 2 is 2.15 bits per heavy atom. The van der Waals surface area contributed by atoms with Crippen molar-refractivity contribution >= 4 is 56.3 Å². The van der Waals surface area contributed by atoms with Crippen molar-refractivity contribution in [1.82, 2.24) is 0 Å². The van der Waals surface area contributed by atoms with Gasteiger partial charge in [0.2, 0.25) is 0 Å². The van der Waals surface area contributed by atoms with E-state index < -0.39 is 0 Å². The summed E-state index contributed by atoms with van der Waals surface area (Å²) >= 11 is 10.3. The third kappa shape index (κ3) is 3.30. The van der Waals surface area contributed by atoms with E-state index in [0.717, 1.165) is 4.47 Å². The fraction of sp³-hybridized carbons (Fsp3) is 0. The van der Waals surface area contributed by atoms with Gasteiger partial charge in [-0.25, -0.2) is 0 Å². The van der Waals surface area contributed by atoms with Gasteiger partial charge < -0.3 is 16.3 Å². The number of carbonyl (C=O) groups is 1. The molecule has 2 aromatic rings. The fourth-order valence-corrected chi connectivity index (χ4v) is 2.82. The van der Waals surface area contributed by atoms with E-state index in [1.165, 1.54) is 11.3 Å². The molecule has 0 bridgehead atoms. The van der Waals surface area contributed by atoms with E-state index in [1.54, 1.807) is 30.3 Å². The van der Waals surface area contributed by atoms with Gasteiger partial charge in [0.15, 0.2) is 5.84 Å². The number of hydrogen-bond acceptors (Lipinski definition) is 4. The van der Waals surface area contributed by atoms with Crippen molar-refractivity contribution in [2.24, 2.45) is 10.9 Å². The van der Waals surface area contributed by atoms with Crippen molar-refractivity contribution in [3.8, 4) is 0 Å². The minimum Gasteiger partial charge on any atom is -0.409 e.